The maximum Gasteiger partial charge on any atom is 0.242 e. The number of carbonyl (C=O) groups is 2. The van der Waals surface area contributed by atoms with Crippen LogP contribution in [0.5, 0.6) is 0 Å². The van der Waals surface area contributed by atoms with Crippen LogP contribution in [0.25, 0.3) is 0 Å². The average molecular weight is 325 g/mol. The number of hydrogen-bond donors (Lipinski definition) is 0. The number of piperazine rings is 1. The van der Waals surface area contributed by atoms with Gasteiger partial charge in [-0.1, -0.05) is 35.0 Å². The van der Waals surface area contributed by atoms with Gasteiger partial charge in [-0.05, 0) is 24.1 Å². The van der Waals surface area contributed by atoms with E-state index in [0.29, 0.717) is 13.1 Å². The second-order valence-corrected chi connectivity index (χ2v) is 5.61. The molecule has 0 unspecified atom stereocenters. The van der Waals surface area contributed by atoms with E-state index < -0.39 is 0 Å². The summed E-state index contributed by atoms with van der Waals surface area (Å²) in [6.45, 7) is 3.57. The lowest BCUT2D eigenvalue weighted by Gasteiger charge is -2.33. The fraction of sp³-hybridized carbons (Fsp3) is 0.429. The first-order chi connectivity index (χ1) is 9.10. The summed E-state index contributed by atoms with van der Waals surface area (Å²) in [6, 6.07) is 7.80. The molecule has 1 aromatic rings. The normalized spacial score (nSPS) is 16.1. The first-order valence-corrected chi connectivity index (χ1v) is 7.19. The lowest BCUT2D eigenvalue weighted by Crippen LogP contribution is -2.53. The molecule has 0 bridgehead atoms. The fourth-order valence-electron chi connectivity index (χ4n) is 2.13. The standard InChI is InChI=1S/C14H17BrN2O2/c1-2-7-16-9-14(19)17(10-13(16)18)8-11-3-5-12(15)6-4-11/h3-6H,2,7-10H2,1H3. The van der Waals surface area contributed by atoms with Crippen molar-refractivity contribution in [2.24, 2.45) is 0 Å². The second-order valence-electron chi connectivity index (χ2n) is 4.69. The Bertz CT molecular complexity index is 473. The van der Waals surface area contributed by atoms with Gasteiger partial charge in [-0.2, -0.15) is 0 Å². The highest BCUT2D eigenvalue weighted by molar-refractivity contribution is 9.10. The van der Waals surface area contributed by atoms with E-state index >= 15 is 0 Å². The zero-order valence-corrected chi connectivity index (χ0v) is 12.5. The Hall–Kier alpha value is -1.36. The monoisotopic (exact) mass is 324 g/mol. The van der Waals surface area contributed by atoms with Crippen molar-refractivity contribution in [2.45, 2.75) is 19.9 Å². The highest BCUT2D eigenvalue weighted by Gasteiger charge is 2.28. The van der Waals surface area contributed by atoms with Crippen LogP contribution in [0.3, 0.4) is 0 Å². The third kappa shape index (κ3) is 3.56. The van der Waals surface area contributed by atoms with E-state index in [9.17, 15) is 9.59 Å². The summed E-state index contributed by atoms with van der Waals surface area (Å²) in [7, 11) is 0. The molecule has 0 atom stereocenters. The molecule has 0 saturated carbocycles. The summed E-state index contributed by atoms with van der Waals surface area (Å²) in [5, 5.41) is 0. The van der Waals surface area contributed by atoms with Crippen molar-refractivity contribution in [3.05, 3.63) is 34.3 Å². The van der Waals surface area contributed by atoms with Gasteiger partial charge in [-0.3, -0.25) is 9.59 Å². The lowest BCUT2D eigenvalue weighted by molar-refractivity contribution is -0.150. The van der Waals surface area contributed by atoms with Gasteiger partial charge < -0.3 is 9.80 Å². The van der Waals surface area contributed by atoms with Gasteiger partial charge in [0.2, 0.25) is 11.8 Å². The van der Waals surface area contributed by atoms with E-state index in [-0.39, 0.29) is 24.9 Å². The molecule has 2 rings (SSSR count). The molecule has 1 aromatic carbocycles. The number of amides is 2. The SMILES string of the molecule is CCCN1CC(=O)N(Cc2ccc(Br)cc2)CC1=O. The number of carbonyl (C=O) groups excluding carboxylic acids is 2. The molecule has 0 aromatic heterocycles. The predicted molar refractivity (Wildman–Crippen MR) is 76.4 cm³/mol. The first-order valence-electron chi connectivity index (χ1n) is 6.40. The minimum Gasteiger partial charge on any atom is -0.332 e. The van der Waals surface area contributed by atoms with Crippen molar-refractivity contribution in [1.29, 1.82) is 0 Å². The van der Waals surface area contributed by atoms with Crippen molar-refractivity contribution in [3.63, 3.8) is 0 Å². The quantitative estimate of drug-likeness (QED) is 0.850. The lowest BCUT2D eigenvalue weighted by atomic mass is 10.2. The van der Waals surface area contributed by atoms with Crippen LogP contribution >= 0.6 is 15.9 Å². The molecular formula is C14H17BrN2O2. The van der Waals surface area contributed by atoms with Crippen LogP contribution in [0.15, 0.2) is 28.7 Å². The Balaban J connectivity index is 2.00. The Morgan fingerprint density at radius 2 is 1.63 bits per heavy atom. The maximum atomic E-state index is 12.0. The van der Waals surface area contributed by atoms with Crippen LogP contribution in [0.2, 0.25) is 0 Å². The van der Waals surface area contributed by atoms with Gasteiger partial charge in [0.05, 0.1) is 6.54 Å². The van der Waals surface area contributed by atoms with E-state index in [0.717, 1.165) is 16.5 Å². The van der Waals surface area contributed by atoms with Crippen LogP contribution in [0, 0.1) is 0 Å². The van der Waals surface area contributed by atoms with Crippen LogP contribution in [-0.4, -0.2) is 41.2 Å². The summed E-state index contributed by atoms with van der Waals surface area (Å²) >= 11 is 3.38. The Kier molecular flexibility index (Phi) is 4.58. The van der Waals surface area contributed by atoms with Crippen LogP contribution in [0.4, 0.5) is 0 Å². The Morgan fingerprint density at radius 1 is 1.05 bits per heavy atom. The Morgan fingerprint density at radius 3 is 2.26 bits per heavy atom. The molecule has 1 saturated heterocycles. The van der Waals surface area contributed by atoms with Crippen molar-refractivity contribution in [1.82, 2.24) is 9.80 Å². The van der Waals surface area contributed by atoms with Crippen LogP contribution in [-0.2, 0) is 16.1 Å². The van der Waals surface area contributed by atoms with E-state index in [1.807, 2.05) is 31.2 Å². The van der Waals surface area contributed by atoms with E-state index in [1.165, 1.54) is 0 Å². The highest BCUT2D eigenvalue weighted by Crippen LogP contribution is 2.14. The molecule has 1 fully saturated rings. The smallest absolute Gasteiger partial charge is 0.242 e. The Labute approximate surface area is 121 Å². The number of halogens is 1. The number of rotatable bonds is 4. The van der Waals surface area contributed by atoms with Crippen molar-refractivity contribution >= 4 is 27.7 Å². The van der Waals surface area contributed by atoms with Crippen molar-refractivity contribution in [2.75, 3.05) is 19.6 Å². The number of nitrogens with zero attached hydrogens (tertiary/aromatic N) is 2. The van der Waals surface area contributed by atoms with E-state index in [2.05, 4.69) is 15.9 Å². The summed E-state index contributed by atoms with van der Waals surface area (Å²) in [4.78, 5) is 27.2. The van der Waals surface area contributed by atoms with Gasteiger partial charge in [0, 0.05) is 17.6 Å². The predicted octanol–water partition coefficient (Wildman–Crippen LogP) is 2.03. The van der Waals surface area contributed by atoms with Gasteiger partial charge in [-0.15, -0.1) is 0 Å². The van der Waals surface area contributed by atoms with Crippen molar-refractivity contribution < 1.29 is 9.59 Å². The van der Waals surface area contributed by atoms with Gasteiger partial charge in [-0.25, -0.2) is 0 Å². The molecule has 5 heteroatoms. The van der Waals surface area contributed by atoms with Crippen molar-refractivity contribution in [3.8, 4) is 0 Å². The minimum atomic E-state index is 0.0240. The van der Waals surface area contributed by atoms with E-state index in [4.69, 9.17) is 0 Å². The highest BCUT2D eigenvalue weighted by atomic mass is 79.9. The van der Waals surface area contributed by atoms with E-state index in [1.54, 1.807) is 9.80 Å². The molecule has 0 aliphatic carbocycles. The minimum absolute atomic E-state index is 0.0240. The van der Waals surface area contributed by atoms with Crippen LogP contribution < -0.4 is 0 Å². The number of hydrogen-bond acceptors (Lipinski definition) is 2. The maximum absolute atomic E-state index is 12.0. The third-order valence-corrected chi connectivity index (χ3v) is 3.67. The summed E-state index contributed by atoms with van der Waals surface area (Å²) in [5.74, 6) is 0.0644. The van der Waals surface area contributed by atoms with Crippen LogP contribution in [0.1, 0.15) is 18.9 Å². The molecular weight excluding hydrogens is 308 g/mol. The summed E-state index contributed by atoms with van der Waals surface area (Å²) < 4.78 is 1.01. The average Bonchev–Trinajstić information content (AvgIpc) is 2.38. The largest absolute Gasteiger partial charge is 0.332 e. The first kappa shape index (κ1) is 14.1. The van der Waals surface area contributed by atoms with Gasteiger partial charge in [0.15, 0.2) is 0 Å². The summed E-state index contributed by atoms with van der Waals surface area (Å²) in [5.41, 5.74) is 1.04. The zero-order chi connectivity index (χ0) is 13.8. The third-order valence-electron chi connectivity index (χ3n) is 3.14. The molecule has 2 amide bonds. The molecule has 0 spiro atoms. The molecule has 1 heterocycles. The summed E-state index contributed by atoms with van der Waals surface area (Å²) in [6.07, 6.45) is 0.881. The molecule has 102 valence electrons. The molecule has 19 heavy (non-hydrogen) atoms. The molecule has 4 nitrogen and oxygen atoms in total. The van der Waals surface area contributed by atoms with Gasteiger partial charge >= 0.3 is 0 Å². The molecule has 0 radical (unpaired) electrons. The zero-order valence-electron chi connectivity index (χ0n) is 10.9. The van der Waals surface area contributed by atoms with Gasteiger partial charge in [0.1, 0.15) is 6.54 Å². The second kappa shape index (κ2) is 6.19. The molecule has 1 aliphatic heterocycles. The molecule has 1 aliphatic rings. The number of benzene rings is 1. The van der Waals surface area contributed by atoms with Gasteiger partial charge in [0.25, 0.3) is 0 Å². The molecule has 0 N–H and O–H groups in total. The fourth-order valence-corrected chi connectivity index (χ4v) is 2.40. The topological polar surface area (TPSA) is 40.6 Å².